The lowest BCUT2D eigenvalue weighted by atomic mass is 9.84. The van der Waals surface area contributed by atoms with E-state index in [1.165, 1.54) is 12.3 Å². The molecule has 46 heavy (non-hydrogen) atoms. The molecule has 12 heteroatoms. The van der Waals surface area contributed by atoms with Crippen molar-refractivity contribution < 1.29 is 27.6 Å². The fraction of sp³-hybridized carbons (Fsp3) is 0.412. The van der Waals surface area contributed by atoms with Crippen LogP contribution in [0, 0.1) is 17.8 Å². The lowest BCUT2D eigenvalue weighted by molar-refractivity contribution is -0.138. The summed E-state index contributed by atoms with van der Waals surface area (Å²) in [4.78, 5) is 44.6. The Balaban J connectivity index is 0.987. The molecule has 2 N–H and O–H groups in total. The molecule has 3 atom stereocenters. The van der Waals surface area contributed by atoms with E-state index in [1.807, 2.05) is 17.0 Å². The predicted molar refractivity (Wildman–Crippen MR) is 166 cm³/mol. The minimum atomic E-state index is -4.55. The molecule has 240 valence electrons. The first-order chi connectivity index (χ1) is 22.0. The lowest BCUT2D eigenvalue weighted by Gasteiger charge is -2.39. The summed E-state index contributed by atoms with van der Waals surface area (Å²) in [7, 11) is 0. The molecule has 3 fully saturated rings. The number of piperidine rings is 2. The second-order valence-electron chi connectivity index (χ2n) is 12.8. The molecular weight excluding hydrogens is 619 g/mol. The Kier molecular flexibility index (Phi) is 8.01. The Morgan fingerprint density at radius 3 is 2.48 bits per heavy atom. The normalized spacial score (nSPS) is 24.4. The van der Waals surface area contributed by atoms with Crippen LogP contribution in [-0.4, -0.2) is 53.3 Å². The van der Waals surface area contributed by atoms with Crippen LogP contribution in [0.2, 0.25) is 5.02 Å². The number of nitrogens with zero attached hydrogens (tertiary/aromatic N) is 3. The number of halogens is 4. The van der Waals surface area contributed by atoms with Gasteiger partial charge in [0.2, 0.25) is 11.8 Å². The summed E-state index contributed by atoms with van der Waals surface area (Å²) in [5.74, 6) is -0.113. The van der Waals surface area contributed by atoms with Crippen LogP contribution in [0.5, 0.6) is 0 Å². The van der Waals surface area contributed by atoms with E-state index in [-0.39, 0.29) is 35.9 Å². The number of fused-ring (bicyclic) bond motifs is 3. The number of imide groups is 1. The van der Waals surface area contributed by atoms with Crippen LogP contribution in [0.1, 0.15) is 52.7 Å². The zero-order valence-corrected chi connectivity index (χ0v) is 25.7. The molecule has 4 heterocycles. The number of pyridine rings is 1. The molecule has 0 radical (unpaired) electrons. The predicted octanol–water partition coefficient (Wildman–Crippen LogP) is 5.43. The molecule has 3 aromatic rings. The summed E-state index contributed by atoms with van der Waals surface area (Å²) in [6.45, 7) is 2.70. The van der Waals surface area contributed by atoms with Crippen molar-refractivity contribution in [2.75, 3.05) is 24.5 Å². The molecule has 8 nitrogen and oxygen atoms in total. The van der Waals surface area contributed by atoms with Crippen molar-refractivity contribution in [3.05, 3.63) is 82.0 Å². The van der Waals surface area contributed by atoms with Crippen LogP contribution >= 0.6 is 11.6 Å². The lowest BCUT2D eigenvalue weighted by Crippen LogP contribution is -2.52. The van der Waals surface area contributed by atoms with E-state index in [0.29, 0.717) is 60.2 Å². The average Bonchev–Trinajstić information content (AvgIpc) is 3.46. The summed E-state index contributed by atoms with van der Waals surface area (Å²) < 4.78 is 42.9. The highest BCUT2D eigenvalue weighted by atomic mass is 35.5. The summed E-state index contributed by atoms with van der Waals surface area (Å²) >= 11 is 6.08. The third-order valence-electron chi connectivity index (χ3n) is 9.96. The van der Waals surface area contributed by atoms with E-state index in [1.54, 1.807) is 35.2 Å². The zero-order chi connectivity index (χ0) is 32.2. The van der Waals surface area contributed by atoms with Crippen molar-refractivity contribution >= 4 is 35.1 Å². The van der Waals surface area contributed by atoms with Gasteiger partial charge in [-0.1, -0.05) is 35.9 Å². The van der Waals surface area contributed by atoms with E-state index in [4.69, 9.17) is 11.6 Å². The monoisotopic (exact) mass is 651 g/mol. The number of benzene rings is 2. The molecule has 2 bridgehead atoms. The van der Waals surface area contributed by atoms with Crippen LogP contribution in [0.4, 0.5) is 19.0 Å². The van der Waals surface area contributed by atoms with Crippen LogP contribution in [0.15, 0.2) is 54.7 Å². The van der Waals surface area contributed by atoms with Gasteiger partial charge in [0.1, 0.15) is 11.9 Å². The Morgan fingerprint density at radius 1 is 0.978 bits per heavy atom. The van der Waals surface area contributed by atoms with Gasteiger partial charge in [-0.05, 0) is 84.5 Å². The van der Waals surface area contributed by atoms with Crippen molar-refractivity contribution in [3.63, 3.8) is 0 Å². The molecule has 3 aliphatic heterocycles. The summed E-state index contributed by atoms with van der Waals surface area (Å²) in [5, 5.41) is 6.33. The Hall–Kier alpha value is -3.96. The standard InChI is InChI=1S/C34H33ClF3N5O3/c35-25-3-1-2-20(11-25)23-12-28(34(36,37)38)31(40-14-23)42-16-21-5-6-22(17-42)27(21)15-39-13-19-4-7-26-24(10-19)18-43(33(26)46)29-8-9-30(44)41-32(29)45/h1-4,7,10-12,14,21-22,27,29,39H,5-6,8-9,13,15-18H2,(H,41,44,45). The minimum absolute atomic E-state index is 0.0133. The topological polar surface area (TPSA) is 94.6 Å². The van der Waals surface area contributed by atoms with Gasteiger partial charge in [0.25, 0.3) is 5.91 Å². The van der Waals surface area contributed by atoms with E-state index in [0.717, 1.165) is 30.5 Å². The number of alkyl halides is 3. The molecule has 7 rings (SSSR count). The highest BCUT2D eigenvalue weighted by molar-refractivity contribution is 6.30. The molecule has 1 saturated carbocycles. The maximum atomic E-state index is 14.3. The molecule has 2 aromatic carbocycles. The van der Waals surface area contributed by atoms with Crippen LogP contribution < -0.4 is 15.5 Å². The quantitative estimate of drug-likeness (QED) is 0.331. The average molecular weight is 652 g/mol. The Labute approximate surface area is 269 Å². The third kappa shape index (κ3) is 5.86. The largest absolute Gasteiger partial charge is 0.419 e. The van der Waals surface area contributed by atoms with Gasteiger partial charge >= 0.3 is 6.18 Å². The van der Waals surface area contributed by atoms with Crippen molar-refractivity contribution in [3.8, 4) is 11.1 Å². The fourth-order valence-corrected chi connectivity index (χ4v) is 7.90. The maximum Gasteiger partial charge on any atom is 0.419 e. The summed E-state index contributed by atoms with van der Waals surface area (Å²) in [6, 6.07) is 13.0. The van der Waals surface area contributed by atoms with E-state index >= 15 is 0 Å². The van der Waals surface area contributed by atoms with Crippen LogP contribution in [0.3, 0.4) is 0 Å². The van der Waals surface area contributed by atoms with E-state index < -0.39 is 23.7 Å². The highest BCUT2D eigenvalue weighted by Crippen LogP contribution is 2.45. The summed E-state index contributed by atoms with van der Waals surface area (Å²) in [6.07, 6.45) is -0.586. The Bertz CT molecular complexity index is 1700. The second kappa shape index (κ2) is 12.0. The number of aromatic nitrogens is 1. The number of nitrogens with one attached hydrogen (secondary N) is 2. The van der Waals surface area contributed by atoms with Gasteiger partial charge in [0, 0.05) is 54.9 Å². The molecule has 2 saturated heterocycles. The number of anilines is 1. The van der Waals surface area contributed by atoms with Gasteiger partial charge in [-0.3, -0.25) is 19.7 Å². The van der Waals surface area contributed by atoms with Crippen LogP contribution in [-0.2, 0) is 28.9 Å². The second-order valence-corrected chi connectivity index (χ2v) is 13.2. The molecular formula is C34H33ClF3N5O3. The van der Waals surface area contributed by atoms with Crippen molar-refractivity contribution in [2.45, 2.75) is 51.0 Å². The van der Waals surface area contributed by atoms with Gasteiger partial charge in [-0.2, -0.15) is 13.2 Å². The first-order valence-electron chi connectivity index (χ1n) is 15.6. The summed E-state index contributed by atoms with van der Waals surface area (Å²) in [5.41, 5.74) is 2.68. The number of carbonyl (C=O) groups excluding carboxylic acids is 3. The number of hydrogen-bond donors (Lipinski definition) is 2. The first kappa shape index (κ1) is 30.7. The molecule has 0 spiro atoms. The minimum Gasteiger partial charge on any atom is -0.356 e. The number of rotatable bonds is 7. The molecule has 4 aliphatic rings. The first-order valence-corrected chi connectivity index (χ1v) is 16.0. The molecule has 3 unspecified atom stereocenters. The maximum absolute atomic E-state index is 14.3. The number of amides is 3. The SMILES string of the molecule is O=C1CCC(N2Cc3cc(CNCC4C5CCC4CN(c4ncc(-c6cccc(Cl)c6)cc4C(F)(F)F)C5)ccc3C2=O)C(=O)N1. The van der Waals surface area contributed by atoms with Crippen molar-refractivity contribution in [1.82, 2.24) is 20.5 Å². The van der Waals surface area contributed by atoms with E-state index in [2.05, 4.69) is 15.6 Å². The van der Waals surface area contributed by atoms with Crippen molar-refractivity contribution in [2.24, 2.45) is 17.8 Å². The third-order valence-corrected chi connectivity index (χ3v) is 10.2. The smallest absolute Gasteiger partial charge is 0.356 e. The molecule has 3 amide bonds. The van der Waals surface area contributed by atoms with Gasteiger partial charge in [0.05, 0.1) is 5.56 Å². The van der Waals surface area contributed by atoms with Gasteiger partial charge < -0.3 is 15.1 Å². The number of hydrogen-bond acceptors (Lipinski definition) is 6. The zero-order valence-electron chi connectivity index (χ0n) is 24.9. The Morgan fingerprint density at radius 2 is 1.76 bits per heavy atom. The number of carbonyl (C=O) groups is 3. The molecule has 1 aliphatic carbocycles. The molecule has 1 aromatic heterocycles. The fourth-order valence-electron chi connectivity index (χ4n) is 7.71. The van der Waals surface area contributed by atoms with Gasteiger partial charge in [0.15, 0.2) is 0 Å². The van der Waals surface area contributed by atoms with Gasteiger partial charge in [-0.15, -0.1) is 0 Å². The highest BCUT2D eigenvalue weighted by Gasteiger charge is 2.45. The van der Waals surface area contributed by atoms with Crippen LogP contribution in [0.25, 0.3) is 11.1 Å². The van der Waals surface area contributed by atoms with Crippen molar-refractivity contribution in [1.29, 1.82) is 0 Å². The van der Waals surface area contributed by atoms with Gasteiger partial charge in [-0.25, -0.2) is 4.98 Å². The van der Waals surface area contributed by atoms with E-state index in [9.17, 15) is 27.6 Å².